The average Bonchev–Trinajstić information content (AvgIpc) is 2.72. The Labute approximate surface area is 102 Å². The van der Waals surface area contributed by atoms with Crippen LogP contribution in [0.1, 0.15) is 22.7 Å². The van der Waals surface area contributed by atoms with E-state index in [9.17, 15) is 13.2 Å². The van der Waals surface area contributed by atoms with Crippen molar-refractivity contribution in [2.45, 2.75) is 13.1 Å². The van der Waals surface area contributed by atoms with Crippen LogP contribution >= 0.6 is 0 Å². The lowest BCUT2D eigenvalue weighted by molar-refractivity contribution is -0.137. The van der Waals surface area contributed by atoms with Crippen LogP contribution in [0.4, 0.5) is 13.2 Å². The van der Waals surface area contributed by atoms with Crippen molar-refractivity contribution in [1.29, 1.82) is 0 Å². The number of alkyl halides is 3. The molecule has 0 radical (unpaired) electrons. The van der Waals surface area contributed by atoms with Crippen molar-refractivity contribution in [3.05, 3.63) is 53.2 Å². The van der Waals surface area contributed by atoms with E-state index in [0.717, 1.165) is 17.8 Å². The van der Waals surface area contributed by atoms with E-state index >= 15 is 0 Å². The number of benzene rings is 1. The Morgan fingerprint density at radius 2 is 1.78 bits per heavy atom. The molecule has 0 spiro atoms. The van der Waals surface area contributed by atoms with E-state index in [-0.39, 0.29) is 0 Å². The smallest absolute Gasteiger partial charge is 0.416 e. The van der Waals surface area contributed by atoms with Crippen LogP contribution in [0.3, 0.4) is 0 Å². The molecule has 0 fully saturated rings. The number of aryl methyl sites for hydroxylation is 1. The predicted molar refractivity (Wildman–Crippen MR) is 61.6 cm³/mol. The molecule has 0 aliphatic carbocycles. The Hall–Kier alpha value is -2.04. The summed E-state index contributed by atoms with van der Waals surface area (Å²) in [5, 5.41) is 0. The van der Waals surface area contributed by atoms with Crippen LogP contribution in [0.15, 0.2) is 34.9 Å². The van der Waals surface area contributed by atoms with E-state index in [1.165, 1.54) is 18.4 Å². The van der Waals surface area contributed by atoms with E-state index in [1.807, 2.05) is 0 Å². The van der Waals surface area contributed by atoms with Crippen LogP contribution in [-0.2, 0) is 6.18 Å². The van der Waals surface area contributed by atoms with E-state index in [0.29, 0.717) is 11.5 Å². The molecule has 18 heavy (non-hydrogen) atoms. The van der Waals surface area contributed by atoms with Gasteiger partial charge in [-0.2, -0.15) is 13.2 Å². The number of hydrogen-bond acceptors (Lipinski definition) is 2. The highest BCUT2D eigenvalue weighted by Gasteiger charge is 2.29. The van der Waals surface area contributed by atoms with Crippen molar-refractivity contribution >= 4 is 12.2 Å². The number of nitrogens with zero attached hydrogens (tertiary/aromatic N) is 1. The summed E-state index contributed by atoms with van der Waals surface area (Å²) in [7, 11) is 0. The normalized spacial score (nSPS) is 12.2. The van der Waals surface area contributed by atoms with Gasteiger partial charge in [0.05, 0.1) is 11.3 Å². The summed E-state index contributed by atoms with van der Waals surface area (Å²) in [6, 6.07) is 4.88. The molecule has 0 atom stereocenters. The molecule has 0 aliphatic heterocycles. The summed E-state index contributed by atoms with van der Waals surface area (Å²) in [6.07, 6.45) is 0.454. The SMILES string of the molecule is Cc1coc(/C=C/c2ccc(C(F)(F)F)cc2)n1. The molecule has 1 aromatic heterocycles. The zero-order chi connectivity index (χ0) is 13.2. The third-order valence-electron chi connectivity index (χ3n) is 2.29. The Morgan fingerprint density at radius 1 is 1.11 bits per heavy atom. The number of rotatable bonds is 2. The first kappa shape index (κ1) is 12.4. The van der Waals surface area contributed by atoms with Crippen molar-refractivity contribution in [2.75, 3.05) is 0 Å². The molecular formula is C13H10F3NO. The maximum Gasteiger partial charge on any atom is 0.416 e. The predicted octanol–water partition coefficient (Wildman–Crippen LogP) is 4.17. The van der Waals surface area contributed by atoms with Crippen LogP contribution in [0.2, 0.25) is 0 Å². The van der Waals surface area contributed by atoms with Crippen LogP contribution in [0.25, 0.3) is 12.2 Å². The minimum absolute atomic E-state index is 0.424. The molecule has 0 bridgehead atoms. The van der Waals surface area contributed by atoms with E-state index in [2.05, 4.69) is 4.98 Å². The molecule has 94 valence electrons. The molecule has 0 amide bonds. The Balaban J connectivity index is 2.13. The van der Waals surface area contributed by atoms with Gasteiger partial charge in [-0.05, 0) is 30.7 Å². The van der Waals surface area contributed by atoms with Gasteiger partial charge in [-0.3, -0.25) is 0 Å². The Morgan fingerprint density at radius 3 is 2.28 bits per heavy atom. The van der Waals surface area contributed by atoms with Crippen LogP contribution in [0.5, 0.6) is 0 Å². The Kier molecular flexibility index (Phi) is 3.23. The van der Waals surface area contributed by atoms with Gasteiger partial charge in [-0.15, -0.1) is 0 Å². The maximum absolute atomic E-state index is 12.3. The second kappa shape index (κ2) is 4.68. The van der Waals surface area contributed by atoms with E-state index in [1.54, 1.807) is 19.1 Å². The summed E-state index contributed by atoms with van der Waals surface area (Å²) in [5.41, 5.74) is 0.743. The molecule has 2 nitrogen and oxygen atoms in total. The van der Waals surface area contributed by atoms with Crippen molar-refractivity contribution in [1.82, 2.24) is 4.98 Å². The van der Waals surface area contributed by atoms with Gasteiger partial charge in [0, 0.05) is 6.08 Å². The second-order valence-corrected chi connectivity index (χ2v) is 3.78. The summed E-state index contributed by atoms with van der Waals surface area (Å²) < 4.78 is 42.1. The van der Waals surface area contributed by atoms with Gasteiger partial charge < -0.3 is 4.42 Å². The minimum Gasteiger partial charge on any atom is -0.445 e. The fraction of sp³-hybridized carbons (Fsp3) is 0.154. The lowest BCUT2D eigenvalue weighted by Crippen LogP contribution is -2.03. The molecule has 1 heterocycles. The van der Waals surface area contributed by atoms with Crippen molar-refractivity contribution in [3.8, 4) is 0 Å². The first-order valence-electron chi connectivity index (χ1n) is 5.22. The third kappa shape index (κ3) is 3.00. The standard InChI is InChI=1S/C13H10F3NO/c1-9-8-18-12(17-9)7-4-10-2-5-11(6-3-10)13(14,15)16/h2-8H,1H3/b7-4+. The first-order chi connectivity index (χ1) is 8.45. The molecular weight excluding hydrogens is 243 g/mol. The van der Waals surface area contributed by atoms with Crippen LogP contribution in [0, 0.1) is 6.92 Å². The molecule has 0 N–H and O–H groups in total. The van der Waals surface area contributed by atoms with Gasteiger partial charge in [0.25, 0.3) is 0 Å². The van der Waals surface area contributed by atoms with Crippen LogP contribution in [-0.4, -0.2) is 4.98 Å². The molecule has 0 unspecified atom stereocenters. The van der Waals surface area contributed by atoms with Crippen molar-refractivity contribution < 1.29 is 17.6 Å². The van der Waals surface area contributed by atoms with Crippen molar-refractivity contribution in [2.24, 2.45) is 0 Å². The van der Waals surface area contributed by atoms with E-state index < -0.39 is 11.7 Å². The highest BCUT2D eigenvalue weighted by Crippen LogP contribution is 2.29. The fourth-order valence-corrected chi connectivity index (χ4v) is 1.40. The molecule has 0 saturated carbocycles. The molecule has 5 heteroatoms. The highest BCUT2D eigenvalue weighted by atomic mass is 19.4. The molecule has 0 aliphatic rings. The molecule has 2 aromatic rings. The largest absolute Gasteiger partial charge is 0.445 e. The number of hydrogen-bond donors (Lipinski definition) is 0. The zero-order valence-corrected chi connectivity index (χ0v) is 9.53. The summed E-state index contributed by atoms with van der Waals surface area (Å²) >= 11 is 0. The maximum atomic E-state index is 12.3. The fourth-order valence-electron chi connectivity index (χ4n) is 1.40. The number of halogens is 3. The quantitative estimate of drug-likeness (QED) is 0.802. The number of aromatic nitrogens is 1. The topological polar surface area (TPSA) is 26.0 Å². The second-order valence-electron chi connectivity index (χ2n) is 3.78. The van der Waals surface area contributed by atoms with Crippen molar-refractivity contribution in [3.63, 3.8) is 0 Å². The first-order valence-corrected chi connectivity index (χ1v) is 5.22. The lowest BCUT2D eigenvalue weighted by Gasteiger charge is -2.05. The van der Waals surface area contributed by atoms with Gasteiger partial charge in [0.1, 0.15) is 6.26 Å². The van der Waals surface area contributed by atoms with E-state index in [4.69, 9.17) is 4.42 Å². The number of oxazole rings is 1. The van der Waals surface area contributed by atoms with Crippen LogP contribution < -0.4 is 0 Å². The lowest BCUT2D eigenvalue weighted by atomic mass is 10.1. The van der Waals surface area contributed by atoms with Gasteiger partial charge in [-0.1, -0.05) is 12.1 Å². The molecule has 1 aromatic carbocycles. The highest BCUT2D eigenvalue weighted by molar-refractivity contribution is 5.66. The zero-order valence-electron chi connectivity index (χ0n) is 9.53. The third-order valence-corrected chi connectivity index (χ3v) is 2.29. The summed E-state index contributed by atoms with van der Waals surface area (Å²) in [4.78, 5) is 4.05. The molecule has 2 rings (SSSR count). The average molecular weight is 253 g/mol. The summed E-state index contributed by atoms with van der Waals surface area (Å²) in [5.74, 6) is 0.424. The van der Waals surface area contributed by atoms with Gasteiger partial charge in [0.15, 0.2) is 0 Å². The van der Waals surface area contributed by atoms with Gasteiger partial charge >= 0.3 is 6.18 Å². The monoisotopic (exact) mass is 253 g/mol. The minimum atomic E-state index is -4.30. The van der Waals surface area contributed by atoms with Gasteiger partial charge in [-0.25, -0.2) is 4.98 Å². The summed E-state index contributed by atoms with van der Waals surface area (Å²) in [6.45, 7) is 1.79. The molecule has 0 saturated heterocycles. The van der Waals surface area contributed by atoms with Gasteiger partial charge in [0.2, 0.25) is 5.89 Å². The Bertz CT molecular complexity index is 552.